The zero-order chi connectivity index (χ0) is 21.8. The Morgan fingerprint density at radius 1 is 1.23 bits per heavy atom. The van der Waals surface area contributed by atoms with Crippen LogP contribution in [0.1, 0.15) is 19.4 Å². The van der Waals surface area contributed by atoms with Crippen LogP contribution in [0.25, 0.3) is 10.9 Å². The molecule has 0 saturated heterocycles. The van der Waals surface area contributed by atoms with Crippen LogP contribution in [0.4, 0.5) is 5.69 Å². The molecule has 0 aliphatic carbocycles. The number of amides is 1. The predicted molar refractivity (Wildman–Crippen MR) is 116 cm³/mol. The first kappa shape index (κ1) is 21.6. The molecule has 0 aliphatic heterocycles. The Kier molecular flexibility index (Phi) is 6.62. The standard InChI is InChI=1S/C22H24ClN3O4/c1-13(2)11-26-18-7-6-16(29-4)10-17(18)21(22(26)28)25-24-20(27)12-30-19-8-5-15(23)9-14(19)3/h5-10,13,28H,11-12H2,1-4H3. The number of halogens is 1. The number of hydrogen-bond acceptors (Lipinski definition) is 5. The quantitative estimate of drug-likeness (QED) is 0.491. The molecule has 0 atom stereocenters. The summed E-state index contributed by atoms with van der Waals surface area (Å²) in [6.45, 7) is 6.26. The van der Waals surface area contributed by atoms with Crippen LogP contribution in [0.2, 0.25) is 5.02 Å². The molecule has 1 aromatic heterocycles. The van der Waals surface area contributed by atoms with Gasteiger partial charge in [-0.2, -0.15) is 0 Å². The molecular weight excluding hydrogens is 406 g/mol. The number of aromatic nitrogens is 1. The zero-order valence-electron chi connectivity index (χ0n) is 17.3. The molecule has 158 valence electrons. The molecule has 1 heterocycles. The summed E-state index contributed by atoms with van der Waals surface area (Å²) >= 11 is 5.92. The van der Waals surface area contributed by atoms with E-state index in [1.165, 1.54) is 0 Å². The lowest BCUT2D eigenvalue weighted by atomic mass is 10.2. The van der Waals surface area contributed by atoms with Crippen LogP contribution in [0.3, 0.4) is 0 Å². The number of ether oxygens (including phenoxy) is 2. The summed E-state index contributed by atoms with van der Waals surface area (Å²) in [6.07, 6.45) is 0. The molecule has 0 spiro atoms. The van der Waals surface area contributed by atoms with E-state index in [2.05, 4.69) is 24.1 Å². The summed E-state index contributed by atoms with van der Waals surface area (Å²) in [5.41, 5.74) is 1.82. The Hall–Kier alpha value is -3.06. The van der Waals surface area contributed by atoms with Crippen molar-refractivity contribution in [3.63, 3.8) is 0 Å². The second-order valence-corrected chi connectivity index (χ2v) is 7.79. The lowest BCUT2D eigenvalue weighted by molar-refractivity contribution is -0.120. The number of carbonyl (C=O) groups excluding carboxylic acids is 1. The van der Waals surface area contributed by atoms with Crippen molar-refractivity contribution in [2.75, 3.05) is 13.7 Å². The normalized spacial score (nSPS) is 11.5. The summed E-state index contributed by atoms with van der Waals surface area (Å²) in [5, 5.41) is 19.7. The summed E-state index contributed by atoms with van der Waals surface area (Å²) in [4.78, 5) is 12.2. The van der Waals surface area contributed by atoms with E-state index in [1.807, 2.05) is 19.1 Å². The fourth-order valence-electron chi connectivity index (χ4n) is 3.13. The van der Waals surface area contributed by atoms with E-state index in [0.29, 0.717) is 34.4 Å². The van der Waals surface area contributed by atoms with E-state index >= 15 is 0 Å². The lowest BCUT2D eigenvalue weighted by Gasteiger charge is -2.09. The summed E-state index contributed by atoms with van der Waals surface area (Å²) < 4.78 is 12.5. The first-order chi connectivity index (χ1) is 14.3. The van der Waals surface area contributed by atoms with Gasteiger partial charge >= 0.3 is 5.91 Å². The predicted octanol–water partition coefficient (Wildman–Crippen LogP) is 5.66. The molecule has 3 aromatic rings. The highest BCUT2D eigenvalue weighted by molar-refractivity contribution is 6.30. The number of azo groups is 1. The number of aromatic hydroxyl groups is 1. The molecular formula is C22H24ClN3O4. The molecule has 1 amide bonds. The van der Waals surface area contributed by atoms with E-state index in [1.54, 1.807) is 35.9 Å². The van der Waals surface area contributed by atoms with Gasteiger partial charge in [0, 0.05) is 17.0 Å². The third-order valence-electron chi connectivity index (χ3n) is 4.51. The molecule has 30 heavy (non-hydrogen) atoms. The molecule has 8 heteroatoms. The number of benzene rings is 2. The van der Waals surface area contributed by atoms with Gasteiger partial charge in [-0.25, -0.2) is 0 Å². The number of rotatable bonds is 7. The van der Waals surface area contributed by atoms with Crippen molar-refractivity contribution in [2.24, 2.45) is 16.1 Å². The van der Waals surface area contributed by atoms with Crippen molar-refractivity contribution in [1.82, 2.24) is 4.57 Å². The molecule has 2 aromatic carbocycles. The van der Waals surface area contributed by atoms with Gasteiger partial charge in [0.2, 0.25) is 5.88 Å². The maximum absolute atomic E-state index is 12.2. The van der Waals surface area contributed by atoms with Crippen molar-refractivity contribution in [3.8, 4) is 17.4 Å². The third kappa shape index (κ3) is 4.74. The van der Waals surface area contributed by atoms with Crippen molar-refractivity contribution >= 4 is 34.1 Å². The second kappa shape index (κ2) is 9.17. The van der Waals surface area contributed by atoms with Crippen LogP contribution in [-0.4, -0.2) is 29.3 Å². The number of carbonyl (C=O) groups is 1. The molecule has 0 unspecified atom stereocenters. The first-order valence-electron chi connectivity index (χ1n) is 9.53. The number of aryl methyl sites for hydroxylation is 1. The molecule has 0 aliphatic rings. The Bertz CT molecular complexity index is 1110. The first-order valence-corrected chi connectivity index (χ1v) is 9.90. The third-order valence-corrected chi connectivity index (χ3v) is 4.75. The average molecular weight is 430 g/mol. The van der Waals surface area contributed by atoms with Gasteiger partial charge in [0.25, 0.3) is 0 Å². The Balaban J connectivity index is 1.85. The Labute approximate surface area is 179 Å². The summed E-state index contributed by atoms with van der Waals surface area (Å²) in [6, 6.07) is 10.6. The summed E-state index contributed by atoms with van der Waals surface area (Å²) in [7, 11) is 1.56. The zero-order valence-corrected chi connectivity index (χ0v) is 18.1. The van der Waals surface area contributed by atoms with E-state index in [0.717, 1.165) is 11.1 Å². The number of nitrogens with zero attached hydrogens (tertiary/aromatic N) is 3. The van der Waals surface area contributed by atoms with Crippen LogP contribution in [0.5, 0.6) is 17.4 Å². The lowest BCUT2D eigenvalue weighted by Crippen LogP contribution is -2.08. The van der Waals surface area contributed by atoms with E-state index in [9.17, 15) is 9.90 Å². The Morgan fingerprint density at radius 2 is 2.00 bits per heavy atom. The van der Waals surface area contributed by atoms with E-state index < -0.39 is 5.91 Å². The van der Waals surface area contributed by atoms with Crippen molar-refractivity contribution < 1.29 is 19.4 Å². The SMILES string of the molecule is COc1ccc2c(c1)c(N=NC(=O)COc1ccc(Cl)cc1C)c(O)n2CC(C)C. The Morgan fingerprint density at radius 3 is 2.67 bits per heavy atom. The number of methoxy groups -OCH3 is 1. The summed E-state index contributed by atoms with van der Waals surface area (Å²) in [5.74, 6) is 0.850. The fraction of sp³-hybridized carbons (Fsp3) is 0.318. The fourth-order valence-corrected chi connectivity index (χ4v) is 3.35. The van der Waals surface area contributed by atoms with Gasteiger partial charge in [0.1, 0.15) is 11.5 Å². The topological polar surface area (TPSA) is 85.4 Å². The van der Waals surface area contributed by atoms with Crippen LogP contribution in [0.15, 0.2) is 46.6 Å². The van der Waals surface area contributed by atoms with E-state index in [4.69, 9.17) is 21.1 Å². The molecule has 0 fully saturated rings. The molecule has 7 nitrogen and oxygen atoms in total. The average Bonchev–Trinajstić information content (AvgIpc) is 2.95. The van der Waals surface area contributed by atoms with Crippen LogP contribution >= 0.6 is 11.6 Å². The van der Waals surface area contributed by atoms with Gasteiger partial charge in [-0.3, -0.25) is 4.79 Å². The van der Waals surface area contributed by atoms with Crippen LogP contribution in [-0.2, 0) is 11.3 Å². The minimum atomic E-state index is -0.573. The van der Waals surface area contributed by atoms with Gasteiger partial charge in [-0.15, -0.1) is 10.2 Å². The van der Waals surface area contributed by atoms with Gasteiger partial charge in [-0.1, -0.05) is 25.4 Å². The largest absolute Gasteiger partial charge is 0.497 e. The molecule has 3 rings (SSSR count). The smallest absolute Gasteiger partial charge is 0.302 e. The minimum absolute atomic E-state index is 0.0435. The number of hydrogen-bond donors (Lipinski definition) is 1. The van der Waals surface area contributed by atoms with Gasteiger partial charge < -0.3 is 19.1 Å². The minimum Gasteiger partial charge on any atom is -0.497 e. The maximum Gasteiger partial charge on any atom is 0.302 e. The van der Waals surface area contributed by atoms with Crippen molar-refractivity contribution in [2.45, 2.75) is 27.3 Å². The second-order valence-electron chi connectivity index (χ2n) is 7.35. The van der Waals surface area contributed by atoms with Crippen molar-refractivity contribution in [1.29, 1.82) is 0 Å². The van der Waals surface area contributed by atoms with E-state index in [-0.39, 0.29) is 18.2 Å². The molecule has 1 N–H and O–H groups in total. The highest BCUT2D eigenvalue weighted by Gasteiger charge is 2.18. The van der Waals surface area contributed by atoms with Gasteiger partial charge in [0.15, 0.2) is 12.3 Å². The molecule has 0 saturated carbocycles. The van der Waals surface area contributed by atoms with Gasteiger partial charge in [0.05, 0.1) is 12.6 Å². The van der Waals surface area contributed by atoms with Crippen LogP contribution in [0, 0.1) is 12.8 Å². The molecule has 0 bridgehead atoms. The highest BCUT2D eigenvalue weighted by Crippen LogP contribution is 2.40. The number of fused-ring (bicyclic) bond motifs is 1. The molecule has 0 radical (unpaired) electrons. The van der Waals surface area contributed by atoms with Crippen molar-refractivity contribution in [3.05, 3.63) is 47.0 Å². The maximum atomic E-state index is 12.2. The highest BCUT2D eigenvalue weighted by atomic mass is 35.5. The monoisotopic (exact) mass is 429 g/mol. The van der Waals surface area contributed by atoms with Gasteiger partial charge in [-0.05, 0) is 54.8 Å². The van der Waals surface area contributed by atoms with Crippen LogP contribution < -0.4 is 9.47 Å².